The van der Waals surface area contributed by atoms with Crippen LogP contribution in [0.25, 0.3) is 21.5 Å². The van der Waals surface area contributed by atoms with Crippen LogP contribution in [0.15, 0.2) is 60.7 Å². The molecule has 16 nitrogen and oxygen atoms in total. The van der Waals surface area contributed by atoms with Crippen molar-refractivity contribution in [3.63, 3.8) is 0 Å². The molecule has 0 aliphatic heterocycles. The van der Waals surface area contributed by atoms with Crippen LogP contribution in [0.1, 0.15) is 83.8 Å². The van der Waals surface area contributed by atoms with Gasteiger partial charge in [0.1, 0.15) is 100 Å². The Kier molecular flexibility index (Phi) is 21.4. The lowest BCUT2D eigenvalue weighted by Gasteiger charge is -2.21. The summed E-state index contributed by atoms with van der Waals surface area (Å²) in [4.78, 5) is 47.6. The SMILES string of the molecule is CCCC(=O)OCC(O)COc1ccc2ccc(OCC(O)COC(=O)CCC)c(Cc3c(OCC(O)COC(=O)CCC)ccc4ccc(OCC(O)COC(=O)CC)cc34)c2c1. The van der Waals surface area contributed by atoms with Gasteiger partial charge in [0, 0.05) is 43.2 Å². The zero-order chi connectivity index (χ0) is 46.4. The second-order valence-corrected chi connectivity index (χ2v) is 15.2. The number of rotatable bonds is 29. The Balaban J connectivity index is 1.75. The lowest BCUT2D eigenvalue weighted by atomic mass is 9.93. The first kappa shape index (κ1) is 51.0. The minimum atomic E-state index is -1.16. The molecule has 4 rings (SSSR count). The van der Waals surface area contributed by atoms with Gasteiger partial charge in [-0.3, -0.25) is 19.2 Å². The number of benzene rings is 4. The van der Waals surface area contributed by atoms with Crippen LogP contribution in [-0.2, 0) is 44.5 Å². The van der Waals surface area contributed by atoms with Crippen LogP contribution in [-0.4, -0.2) is 122 Å². The Morgan fingerprint density at radius 3 is 1.11 bits per heavy atom. The van der Waals surface area contributed by atoms with Gasteiger partial charge >= 0.3 is 23.9 Å². The molecule has 0 saturated heterocycles. The number of aliphatic hydroxyl groups excluding tert-OH is 4. The summed E-state index contributed by atoms with van der Waals surface area (Å²) in [6.07, 6.45) is -1.73. The predicted octanol–water partition coefficient (Wildman–Crippen LogP) is 5.53. The van der Waals surface area contributed by atoms with Crippen LogP contribution >= 0.6 is 0 Å². The molecule has 0 amide bonds. The number of hydrogen-bond acceptors (Lipinski definition) is 16. The molecule has 350 valence electrons. The third-order valence-corrected chi connectivity index (χ3v) is 9.62. The monoisotopic (exact) mass is 894 g/mol. The number of aliphatic hydroxyl groups is 4. The molecule has 0 heterocycles. The van der Waals surface area contributed by atoms with E-state index in [1.54, 1.807) is 43.3 Å². The zero-order valence-electron chi connectivity index (χ0n) is 37.1. The predicted molar refractivity (Wildman–Crippen MR) is 236 cm³/mol. The van der Waals surface area contributed by atoms with Gasteiger partial charge in [-0.2, -0.15) is 0 Å². The first-order valence-corrected chi connectivity index (χ1v) is 21.8. The molecule has 4 aromatic carbocycles. The van der Waals surface area contributed by atoms with Gasteiger partial charge in [0.05, 0.1) is 0 Å². The molecule has 0 fully saturated rings. The summed E-state index contributed by atoms with van der Waals surface area (Å²) in [5.41, 5.74) is 1.25. The van der Waals surface area contributed by atoms with Crippen molar-refractivity contribution >= 4 is 45.4 Å². The fraction of sp³-hybridized carbons (Fsp3) is 0.500. The lowest BCUT2D eigenvalue weighted by molar-refractivity contribution is -0.148. The van der Waals surface area contributed by atoms with Crippen molar-refractivity contribution in [1.29, 1.82) is 0 Å². The second-order valence-electron chi connectivity index (χ2n) is 15.2. The van der Waals surface area contributed by atoms with E-state index in [2.05, 4.69) is 0 Å². The van der Waals surface area contributed by atoms with Crippen molar-refractivity contribution in [1.82, 2.24) is 0 Å². The topological polar surface area (TPSA) is 223 Å². The summed E-state index contributed by atoms with van der Waals surface area (Å²) in [5, 5.41) is 45.5. The summed E-state index contributed by atoms with van der Waals surface area (Å²) in [7, 11) is 0. The lowest BCUT2D eigenvalue weighted by Crippen LogP contribution is -2.25. The molecule has 4 unspecified atom stereocenters. The van der Waals surface area contributed by atoms with E-state index < -0.39 is 48.3 Å². The summed E-state index contributed by atoms with van der Waals surface area (Å²) in [6.45, 7) is 5.37. The molecular weight excluding hydrogens is 833 g/mol. The number of ether oxygens (including phenoxy) is 8. The number of carbonyl (C=O) groups is 4. The van der Waals surface area contributed by atoms with Gasteiger partial charge in [0.15, 0.2) is 0 Å². The van der Waals surface area contributed by atoms with E-state index >= 15 is 0 Å². The van der Waals surface area contributed by atoms with Crippen LogP contribution in [0.4, 0.5) is 0 Å². The second kappa shape index (κ2) is 26.8. The highest BCUT2D eigenvalue weighted by Gasteiger charge is 2.21. The Bertz CT molecular complexity index is 2110. The van der Waals surface area contributed by atoms with Crippen molar-refractivity contribution in [2.45, 2.75) is 103 Å². The zero-order valence-corrected chi connectivity index (χ0v) is 37.1. The third kappa shape index (κ3) is 16.8. The van der Waals surface area contributed by atoms with Gasteiger partial charge < -0.3 is 58.3 Å². The van der Waals surface area contributed by atoms with Crippen molar-refractivity contribution in [3.8, 4) is 23.0 Å². The smallest absolute Gasteiger partial charge is 0.305 e. The molecule has 0 aliphatic carbocycles. The standard InChI is InChI=1S/C48H62O16/c1-5-9-46(54)62-28-34(50)24-58-38-17-13-32-15-19-44(60-26-36(52)30-64-48(56)11-7-3)42(40(32)21-38)22-41-39-20-37(57-23-33(49)27-61-45(53)8-4)16-12-31(39)14-18-43(41)59-25-35(51)29-63-47(55)10-6-2/h12-21,33-36,49-52H,5-11,22-30H2,1-4H3. The van der Waals surface area contributed by atoms with E-state index in [0.717, 1.165) is 10.8 Å². The summed E-state index contributed by atoms with van der Waals surface area (Å²) >= 11 is 0. The quantitative estimate of drug-likeness (QED) is 0.0389. The van der Waals surface area contributed by atoms with E-state index in [4.69, 9.17) is 37.9 Å². The Morgan fingerprint density at radius 2 is 0.766 bits per heavy atom. The van der Waals surface area contributed by atoms with Gasteiger partial charge in [0.25, 0.3) is 0 Å². The Labute approximate surface area is 373 Å². The van der Waals surface area contributed by atoms with E-state index in [1.807, 2.05) is 45.0 Å². The van der Waals surface area contributed by atoms with Crippen LogP contribution in [0.3, 0.4) is 0 Å². The molecule has 16 heteroatoms. The molecular formula is C48H62O16. The van der Waals surface area contributed by atoms with E-state index in [-0.39, 0.29) is 85.0 Å². The van der Waals surface area contributed by atoms with E-state index in [9.17, 15) is 39.6 Å². The highest BCUT2D eigenvalue weighted by atomic mass is 16.6. The van der Waals surface area contributed by atoms with Gasteiger partial charge in [-0.25, -0.2) is 0 Å². The van der Waals surface area contributed by atoms with Crippen molar-refractivity contribution in [2.24, 2.45) is 0 Å². The largest absolute Gasteiger partial charge is 0.491 e. The van der Waals surface area contributed by atoms with Gasteiger partial charge in [-0.15, -0.1) is 0 Å². The minimum Gasteiger partial charge on any atom is -0.491 e. The van der Waals surface area contributed by atoms with Crippen LogP contribution in [0.2, 0.25) is 0 Å². The molecule has 4 N–H and O–H groups in total. The van der Waals surface area contributed by atoms with Crippen molar-refractivity contribution in [3.05, 3.63) is 71.8 Å². The maximum atomic E-state index is 12.0. The van der Waals surface area contributed by atoms with Crippen LogP contribution in [0, 0.1) is 0 Å². The average Bonchev–Trinajstić information content (AvgIpc) is 3.29. The first-order valence-electron chi connectivity index (χ1n) is 21.8. The fourth-order valence-electron chi connectivity index (χ4n) is 6.31. The summed E-state index contributed by atoms with van der Waals surface area (Å²) in [6, 6.07) is 17.8. The van der Waals surface area contributed by atoms with E-state index in [1.165, 1.54) is 0 Å². The molecule has 4 aromatic rings. The van der Waals surface area contributed by atoms with Crippen molar-refractivity contribution in [2.75, 3.05) is 52.9 Å². The molecule has 0 spiro atoms. The molecule has 0 radical (unpaired) electrons. The molecule has 0 aromatic heterocycles. The van der Waals surface area contributed by atoms with Gasteiger partial charge in [-0.05, 0) is 77.2 Å². The maximum absolute atomic E-state index is 12.0. The maximum Gasteiger partial charge on any atom is 0.305 e. The Morgan fingerprint density at radius 1 is 0.438 bits per heavy atom. The van der Waals surface area contributed by atoms with E-state index in [0.29, 0.717) is 64.2 Å². The van der Waals surface area contributed by atoms with Gasteiger partial charge in [0.2, 0.25) is 0 Å². The Hall–Kier alpha value is -5.68. The number of esters is 4. The summed E-state index contributed by atoms with van der Waals surface area (Å²) in [5.74, 6) is -0.217. The minimum absolute atomic E-state index is 0.126. The van der Waals surface area contributed by atoms with Crippen molar-refractivity contribution < 1.29 is 77.5 Å². The molecule has 64 heavy (non-hydrogen) atoms. The molecule has 0 saturated carbocycles. The van der Waals surface area contributed by atoms with Crippen LogP contribution < -0.4 is 18.9 Å². The number of fused-ring (bicyclic) bond motifs is 2. The third-order valence-electron chi connectivity index (χ3n) is 9.62. The number of carbonyl (C=O) groups excluding carboxylic acids is 4. The first-order chi connectivity index (χ1) is 30.8. The molecule has 4 atom stereocenters. The highest BCUT2D eigenvalue weighted by molar-refractivity contribution is 5.93. The normalized spacial score (nSPS) is 13.1. The highest BCUT2D eigenvalue weighted by Crippen LogP contribution is 2.38. The van der Waals surface area contributed by atoms with Gasteiger partial charge in [-0.1, -0.05) is 52.0 Å². The molecule has 0 aliphatic rings. The number of hydrogen-bond donors (Lipinski definition) is 4. The average molecular weight is 895 g/mol. The van der Waals surface area contributed by atoms with Crippen LogP contribution in [0.5, 0.6) is 23.0 Å². The summed E-state index contributed by atoms with van der Waals surface area (Å²) < 4.78 is 45.1. The fourth-order valence-corrected chi connectivity index (χ4v) is 6.31. The molecule has 0 bridgehead atoms.